The van der Waals surface area contributed by atoms with Crippen LogP contribution in [0.5, 0.6) is 0 Å². The lowest BCUT2D eigenvalue weighted by Crippen LogP contribution is -2.40. The third kappa shape index (κ3) is 3.55. The molecule has 1 aliphatic rings. The maximum Gasteiger partial charge on any atom is 0.0541 e. The summed E-state index contributed by atoms with van der Waals surface area (Å²) in [5, 5.41) is 9.58. The Kier molecular flexibility index (Phi) is 4.75. The molecular weight excluding hydrogens is 224 g/mol. The van der Waals surface area contributed by atoms with Crippen LogP contribution < -0.4 is 5.73 Å². The number of nitrogens with zero attached hydrogens (tertiary/aromatic N) is 1. The lowest BCUT2D eigenvalue weighted by atomic mass is 9.92. The van der Waals surface area contributed by atoms with Gasteiger partial charge in [0.1, 0.15) is 0 Å². The summed E-state index contributed by atoms with van der Waals surface area (Å²) < 4.78 is 0. The Balaban J connectivity index is 1.81. The first-order chi connectivity index (χ1) is 8.66. The van der Waals surface area contributed by atoms with Gasteiger partial charge in [0.2, 0.25) is 0 Å². The van der Waals surface area contributed by atoms with Crippen LogP contribution in [0.1, 0.15) is 31.4 Å². The van der Waals surface area contributed by atoms with E-state index in [0.29, 0.717) is 5.92 Å². The second kappa shape index (κ2) is 6.32. The van der Waals surface area contributed by atoms with Crippen LogP contribution >= 0.6 is 0 Å². The number of benzene rings is 1. The van der Waals surface area contributed by atoms with Crippen LogP contribution in [0.15, 0.2) is 30.3 Å². The summed E-state index contributed by atoms with van der Waals surface area (Å²) in [5.74, 6) is 0.467. The molecule has 3 heteroatoms. The number of aliphatic hydroxyl groups excluding tert-OH is 1. The number of likely N-dealkylation sites (tertiary alicyclic amines) is 1. The van der Waals surface area contributed by atoms with Crippen molar-refractivity contribution >= 4 is 0 Å². The van der Waals surface area contributed by atoms with E-state index in [2.05, 4.69) is 17.0 Å². The molecule has 1 saturated heterocycles. The number of aliphatic hydroxyl groups is 1. The number of nitrogens with two attached hydrogens (primary N) is 1. The zero-order valence-electron chi connectivity index (χ0n) is 11.1. The molecule has 2 rings (SSSR count). The van der Waals surface area contributed by atoms with Gasteiger partial charge in [-0.05, 0) is 44.3 Å². The van der Waals surface area contributed by atoms with E-state index < -0.39 is 0 Å². The molecule has 0 saturated carbocycles. The van der Waals surface area contributed by atoms with Crippen LogP contribution in [0.2, 0.25) is 0 Å². The van der Waals surface area contributed by atoms with Gasteiger partial charge in [-0.1, -0.05) is 30.3 Å². The zero-order valence-corrected chi connectivity index (χ0v) is 11.1. The highest BCUT2D eigenvalue weighted by atomic mass is 16.3. The molecule has 2 unspecified atom stereocenters. The van der Waals surface area contributed by atoms with Gasteiger partial charge in [-0.2, -0.15) is 0 Å². The highest BCUT2D eigenvalue weighted by molar-refractivity contribution is 5.18. The van der Waals surface area contributed by atoms with E-state index in [1.807, 2.05) is 25.1 Å². The first-order valence-corrected chi connectivity index (χ1v) is 6.88. The van der Waals surface area contributed by atoms with Gasteiger partial charge in [0, 0.05) is 12.6 Å². The van der Waals surface area contributed by atoms with Crippen LogP contribution in [-0.4, -0.2) is 35.7 Å². The molecular formula is C15H24N2O. The highest BCUT2D eigenvalue weighted by Gasteiger charge is 2.23. The van der Waals surface area contributed by atoms with Crippen molar-refractivity contribution in [1.29, 1.82) is 0 Å². The summed E-state index contributed by atoms with van der Waals surface area (Å²) in [6.07, 6.45) is 1.99. The van der Waals surface area contributed by atoms with E-state index in [-0.39, 0.29) is 12.1 Å². The van der Waals surface area contributed by atoms with Crippen molar-refractivity contribution in [2.24, 2.45) is 11.7 Å². The number of piperidine rings is 1. The maximum absolute atomic E-state index is 9.58. The molecule has 0 bridgehead atoms. The fourth-order valence-electron chi connectivity index (χ4n) is 2.70. The van der Waals surface area contributed by atoms with Gasteiger partial charge in [-0.3, -0.25) is 0 Å². The molecule has 100 valence electrons. The average Bonchev–Trinajstić information content (AvgIpc) is 2.40. The molecule has 0 radical (unpaired) electrons. The minimum absolute atomic E-state index is 0.0919. The van der Waals surface area contributed by atoms with E-state index in [1.165, 1.54) is 5.56 Å². The summed E-state index contributed by atoms with van der Waals surface area (Å²) in [6.45, 7) is 4.92. The standard InChI is InChI=1S/C15H24N2O/c1-12(18)13-7-9-17(10-8-13)11-15(16)14-5-3-2-4-6-14/h2-6,12-13,15,18H,7-11,16H2,1H3. The highest BCUT2D eigenvalue weighted by Crippen LogP contribution is 2.22. The summed E-state index contributed by atoms with van der Waals surface area (Å²) in [7, 11) is 0. The van der Waals surface area contributed by atoms with Crippen LogP contribution in [0.3, 0.4) is 0 Å². The molecule has 1 fully saturated rings. The first-order valence-electron chi connectivity index (χ1n) is 6.88. The second-order valence-electron chi connectivity index (χ2n) is 5.40. The van der Waals surface area contributed by atoms with Crippen LogP contribution in [-0.2, 0) is 0 Å². The SMILES string of the molecule is CC(O)C1CCN(CC(N)c2ccccc2)CC1. The summed E-state index contributed by atoms with van der Waals surface area (Å²) in [6, 6.07) is 10.4. The molecule has 1 heterocycles. The topological polar surface area (TPSA) is 49.5 Å². The van der Waals surface area contributed by atoms with Crippen molar-refractivity contribution < 1.29 is 5.11 Å². The summed E-state index contributed by atoms with van der Waals surface area (Å²) in [5.41, 5.74) is 7.43. The molecule has 3 N–H and O–H groups in total. The van der Waals surface area contributed by atoms with Crippen molar-refractivity contribution in [3.05, 3.63) is 35.9 Å². The molecule has 0 aliphatic carbocycles. The largest absolute Gasteiger partial charge is 0.393 e. The molecule has 3 nitrogen and oxygen atoms in total. The molecule has 2 atom stereocenters. The molecule has 0 amide bonds. The molecule has 0 spiro atoms. The Bertz CT molecular complexity index is 345. The van der Waals surface area contributed by atoms with Crippen molar-refractivity contribution in [2.75, 3.05) is 19.6 Å². The third-order valence-corrected chi connectivity index (χ3v) is 4.00. The van der Waals surface area contributed by atoms with E-state index in [1.54, 1.807) is 0 Å². The fraction of sp³-hybridized carbons (Fsp3) is 0.600. The normalized spacial score (nSPS) is 21.7. The Hall–Kier alpha value is -0.900. The Morgan fingerprint density at radius 1 is 1.28 bits per heavy atom. The predicted molar refractivity (Wildman–Crippen MR) is 74.2 cm³/mol. The minimum atomic E-state index is -0.171. The van der Waals surface area contributed by atoms with Crippen molar-refractivity contribution in [3.8, 4) is 0 Å². The van der Waals surface area contributed by atoms with Crippen LogP contribution in [0, 0.1) is 5.92 Å². The van der Waals surface area contributed by atoms with Gasteiger partial charge in [-0.15, -0.1) is 0 Å². The summed E-state index contributed by atoms with van der Waals surface area (Å²) in [4.78, 5) is 2.41. The van der Waals surface area contributed by atoms with Crippen molar-refractivity contribution in [2.45, 2.75) is 31.9 Å². The average molecular weight is 248 g/mol. The quantitative estimate of drug-likeness (QED) is 0.854. The van der Waals surface area contributed by atoms with Crippen molar-refractivity contribution in [1.82, 2.24) is 4.90 Å². The van der Waals surface area contributed by atoms with Gasteiger partial charge in [0.15, 0.2) is 0 Å². The summed E-state index contributed by atoms with van der Waals surface area (Å²) >= 11 is 0. The number of hydrogen-bond donors (Lipinski definition) is 2. The first kappa shape index (κ1) is 13.5. The van der Waals surface area contributed by atoms with Gasteiger partial charge >= 0.3 is 0 Å². The zero-order chi connectivity index (χ0) is 13.0. The smallest absolute Gasteiger partial charge is 0.0541 e. The van der Waals surface area contributed by atoms with Gasteiger partial charge in [0.05, 0.1) is 6.10 Å². The molecule has 1 aromatic carbocycles. The van der Waals surface area contributed by atoms with Crippen LogP contribution in [0.4, 0.5) is 0 Å². The predicted octanol–water partition coefficient (Wildman–Crippen LogP) is 1.78. The molecule has 1 aromatic rings. The Labute approximate surface area is 110 Å². The lowest BCUT2D eigenvalue weighted by Gasteiger charge is -2.34. The third-order valence-electron chi connectivity index (χ3n) is 4.00. The van der Waals surface area contributed by atoms with Gasteiger partial charge < -0.3 is 15.7 Å². The van der Waals surface area contributed by atoms with E-state index in [9.17, 15) is 5.11 Å². The number of hydrogen-bond acceptors (Lipinski definition) is 3. The fourth-order valence-corrected chi connectivity index (χ4v) is 2.70. The van der Waals surface area contributed by atoms with Gasteiger partial charge in [0.25, 0.3) is 0 Å². The van der Waals surface area contributed by atoms with E-state index in [4.69, 9.17) is 5.73 Å². The number of rotatable bonds is 4. The molecule has 0 aromatic heterocycles. The Morgan fingerprint density at radius 3 is 2.44 bits per heavy atom. The second-order valence-corrected chi connectivity index (χ2v) is 5.40. The van der Waals surface area contributed by atoms with E-state index in [0.717, 1.165) is 32.5 Å². The van der Waals surface area contributed by atoms with E-state index >= 15 is 0 Å². The van der Waals surface area contributed by atoms with Crippen LogP contribution in [0.25, 0.3) is 0 Å². The van der Waals surface area contributed by atoms with Crippen molar-refractivity contribution in [3.63, 3.8) is 0 Å². The lowest BCUT2D eigenvalue weighted by molar-refractivity contribution is 0.0700. The Morgan fingerprint density at radius 2 is 1.89 bits per heavy atom. The molecule has 18 heavy (non-hydrogen) atoms. The van der Waals surface area contributed by atoms with Gasteiger partial charge in [-0.25, -0.2) is 0 Å². The monoisotopic (exact) mass is 248 g/mol. The molecule has 1 aliphatic heterocycles. The maximum atomic E-state index is 9.58. The minimum Gasteiger partial charge on any atom is -0.393 e.